The molecule has 0 amide bonds. The van der Waals surface area contributed by atoms with Gasteiger partial charge in [0.25, 0.3) is 0 Å². The maximum absolute atomic E-state index is 5.79. The minimum absolute atomic E-state index is 0.0824. The van der Waals surface area contributed by atoms with Crippen LogP contribution in [0.5, 0.6) is 0 Å². The first-order valence-corrected chi connectivity index (χ1v) is 6.77. The Morgan fingerprint density at radius 3 is 2.05 bits per heavy atom. The molecule has 3 heteroatoms. The van der Waals surface area contributed by atoms with E-state index in [9.17, 15) is 0 Å². The Hall–Kier alpha value is -1.68. The summed E-state index contributed by atoms with van der Waals surface area (Å²) in [6, 6.07) is 16.5. The van der Waals surface area contributed by atoms with Crippen LogP contribution < -0.4 is 11.3 Å². The number of hydrogen-bond donors (Lipinski definition) is 2. The average molecular weight is 270 g/mol. The quantitative estimate of drug-likeness (QED) is 0.648. The molecule has 2 atom stereocenters. The number of rotatable bonds is 5. The van der Waals surface area contributed by atoms with E-state index in [-0.39, 0.29) is 12.1 Å². The molecule has 0 aliphatic carbocycles. The van der Waals surface area contributed by atoms with Gasteiger partial charge in [-0.25, -0.2) is 0 Å². The molecule has 0 saturated heterocycles. The van der Waals surface area contributed by atoms with Gasteiger partial charge in [0.2, 0.25) is 0 Å². The van der Waals surface area contributed by atoms with Gasteiger partial charge in [-0.15, -0.1) is 0 Å². The summed E-state index contributed by atoms with van der Waals surface area (Å²) in [6.07, 6.45) is -0.123. The van der Waals surface area contributed by atoms with Crippen molar-refractivity contribution < 1.29 is 4.74 Å². The summed E-state index contributed by atoms with van der Waals surface area (Å²) in [7, 11) is 1.71. The highest BCUT2D eigenvalue weighted by atomic mass is 16.5. The monoisotopic (exact) mass is 270 g/mol. The summed E-state index contributed by atoms with van der Waals surface area (Å²) in [5.74, 6) is 5.79. The van der Waals surface area contributed by atoms with E-state index in [2.05, 4.69) is 49.6 Å². The lowest BCUT2D eigenvalue weighted by Crippen LogP contribution is -2.33. The second-order valence-electron chi connectivity index (χ2n) is 5.13. The zero-order valence-electron chi connectivity index (χ0n) is 12.3. The van der Waals surface area contributed by atoms with E-state index in [0.29, 0.717) is 0 Å². The van der Waals surface area contributed by atoms with Gasteiger partial charge in [-0.05, 0) is 25.0 Å². The van der Waals surface area contributed by atoms with Crippen LogP contribution in [0.1, 0.15) is 34.4 Å². The first kappa shape index (κ1) is 14.7. The third-order valence-electron chi connectivity index (χ3n) is 3.47. The number of aryl methyl sites for hydroxylation is 2. The number of hydrogen-bond acceptors (Lipinski definition) is 3. The van der Waals surface area contributed by atoms with Crippen molar-refractivity contribution in [1.29, 1.82) is 0 Å². The van der Waals surface area contributed by atoms with E-state index >= 15 is 0 Å². The Kier molecular flexibility index (Phi) is 4.90. The zero-order valence-corrected chi connectivity index (χ0v) is 12.3. The predicted octanol–water partition coefficient (Wildman–Crippen LogP) is 3.20. The van der Waals surface area contributed by atoms with Gasteiger partial charge in [0.15, 0.2) is 0 Å². The van der Waals surface area contributed by atoms with Crippen LogP contribution in [0.25, 0.3) is 0 Å². The van der Waals surface area contributed by atoms with Crippen molar-refractivity contribution in [3.63, 3.8) is 0 Å². The summed E-state index contributed by atoms with van der Waals surface area (Å²) in [6.45, 7) is 4.18. The summed E-state index contributed by atoms with van der Waals surface area (Å²) in [5, 5.41) is 0. The van der Waals surface area contributed by atoms with Crippen molar-refractivity contribution in [2.45, 2.75) is 26.0 Å². The van der Waals surface area contributed by atoms with Gasteiger partial charge in [-0.3, -0.25) is 11.3 Å². The first-order valence-electron chi connectivity index (χ1n) is 6.77. The Morgan fingerprint density at radius 1 is 0.950 bits per heavy atom. The van der Waals surface area contributed by atoms with E-state index in [0.717, 1.165) is 11.1 Å². The van der Waals surface area contributed by atoms with Crippen LogP contribution in [0, 0.1) is 13.8 Å². The number of nitrogens with one attached hydrogen (secondary N) is 1. The minimum atomic E-state index is -0.123. The van der Waals surface area contributed by atoms with Gasteiger partial charge in [0.1, 0.15) is 6.10 Å². The number of hydrazine groups is 1. The van der Waals surface area contributed by atoms with Gasteiger partial charge < -0.3 is 4.74 Å². The molecule has 2 aromatic rings. The highest BCUT2D eigenvalue weighted by Gasteiger charge is 2.23. The second-order valence-corrected chi connectivity index (χ2v) is 5.13. The molecule has 106 valence electrons. The highest BCUT2D eigenvalue weighted by Crippen LogP contribution is 2.31. The molecular weight excluding hydrogens is 248 g/mol. The van der Waals surface area contributed by atoms with Crippen molar-refractivity contribution in [2.24, 2.45) is 5.84 Å². The molecule has 0 fully saturated rings. The molecule has 20 heavy (non-hydrogen) atoms. The van der Waals surface area contributed by atoms with Crippen molar-refractivity contribution in [1.82, 2.24) is 5.43 Å². The molecule has 0 aliphatic rings. The van der Waals surface area contributed by atoms with Gasteiger partial charge >= 0.3 is 0 Å². The summed E-state index contributed by atoms with van der Waals surface area (Å²) >= 11 is 0. The van der Waals surface area contributed by atoms with Crippen LogP contribution in [0.4, 0.5) is 0 Å². The van der Waals surface area contributed by atoms with Gasteiger partial charge in [-0.1, -0.05) is 59.7 Å². The molecule has 0 bridgehead atoms. The van der Waals surface area contributed by atoms with Gasteiger partial charge in [-0.2, -0.15) is 0 Å². The lowest BCUT2D eigenvalue weighted by atomic mass is 9.94. The molecule has 3 nitrogen and oxygen atoms in total. The minimum Gasteiger partial charge on any atom is -0.375 e. The SMILES string of the molecule is COC(c1ccccc1)C(NN)c1cc(C)cc(C)c1. The molecule has 2 rings (SSSR count). The maximum atomic E-state index is 5.79. The molecule has 0 spiro atoms. The van der Waals surface area contributed by atoms with Gasteiger partial charge in [0, 0.05) is 7.11 Å². The van der Waals surface area contributed by atoms with Crippen LogP contribution in [0.2, 0.25) is 0 Å². The van der Waals surface area contributed by atoms with Crippen LogP contribution >= 0.6 is 0 Å². The molecular formula is C17H22N2O. The Labute approximate surface area is 120 Å². The molecule has 0 radical (unpaired) electrons. The van der Waals surface area contributed by atoms with E-state index in [1.807, 2.05) is 18.2 Å². The zero-order chi connectivity index (χ0) is 14.5. The van der Waals surface area contributed by atoms with Crippen LogP contribution in [-0.2, 0) is 4.74 Å². The summed E-state index contributed by atoms with van der Waals surface area (Å²) < 4.78 is 5.68. The normalized spacial score (nSPS) is 14.0. The Bertz CT molecular complexity index is 534. The lowest BCUT2D eigenvalue weighted by Gasteiger charge is -2.26. The third kappa shape index (κ3) is 3.25. The predicted molar refractivity (Wildman–Crippen MR) is 82.2 cm³/mol. The average Bonchev–Trinajstić information content (AvgIpc) is 2.44. The molecule has 2 aromatic carbocycles. The largest absolute Gasteiger partial charge is 0.375 e. The first-order chi connectivity index (χ1) is 9.65. The fourth-order valence-corrected chi connectivity index (χ4v) is 2.66. The van der Waals surface area contributed by atoms with E-state index in [4.69, 9.17) is 10.6 Å². The molecule has 0 aliphatic heterocycles. The number of nitrogens with two attached hydrogens (primary N) is 1. The second kappa shape index (κ2) is 6.66. The van der Waals surface area contributed by atoms with Crippen molar-refractivity contribution >= 4 is 0 Å². The fraction of sp³-hybridized carbons (Fsp3) is 0.294. The van der Waals surface area contributed by atoms with Crippen molar-refractivity contribution in [3.05, 3.63) is 70.8 Å². The molecule has 3 N–H and O–H groups in total. The van der Waals surface area contributed by atoms with Crippen molar-refractivity contribution in [2.75, 3.05) is 7.11 Å². The summed E-state index contributed by atoms with van der Waals surface area (Å²) in [4.78, 5) is 0. The third-order valence-corrected chi connectivity index (χ3v) is 3.47. The number of benzene rings is 2. The van der Waals surface area contributed by atoms with Gasteiger partial charge in [0.05, 0.1) is 6.04 Å². The molecule has 0 saturated carbocycles. The van der Waals surface area contributed by atoms with Crippen LogP contribution in [0.15, 0.2) is 48.5 Å². The molecule has 0 aromatic heterocycles. The van der Waals surface area contributed by atoms with Crippen LogP contribution in [0.3, 0.4) is 0 Å². The van der Waals surface area contributed by atoms with E-state index in [1.54, 1.807) is 7.11 Å². The lowest BCUT2D eigenvalue weighted by molar-refractivity contribution is 0.0676. The number of methoxy groups -OCH3 is 1. The maximum Gasteiger partial charge on any atom is 0.103 e. The molecule has 0 heterocycles. The fourth-order valence-electron chi connectivity index (χ4n) is 2.66. The van der Waals surface area contributed by atoms with E-state index < -0.39 is 0 Å². The highest BCUT2D eigenvalue weighted by molar-refractivity contribution is 5.33. The van der Waals surface area contributed by atoms with Crippen molar-refractivity contribution in [3.8, 4) is 0 Å². The topological polar surface area (TPSA) is 47.3 Å². The number of ether oxygens (including phenoxy) is 1. The standard InChI is InChI=1S/C17H22N2O/c1-12-9-13(2)11-15(10-12)16(19-18)17(20-3)14-7-5-4-6-8-14/h4-11,16-17,19H,18H2,1-3H3. The molecule has 2 unspecified atom stereocenters. The Balaban J connectivity index is 2.39. The Morgan fingerprint density at radius 2 is 1.55 bits per heavy atom. The smallest absolute Gasteiger partial charge is 0.103 e. The van der Waals surface area contributed by atoms with E-state index in [1.165, 1.54) is 11.1 Å². The van der Waals surface area contributed by atoms with Crippen LogP contribution in [-0.4, -0.2) is 7.11 Å². The summed E-state index contributed by atoms with van der Waals surface area (Å²) in [5.41, 5.74) is 7.60.